The van der Waals surface area contributed by atoms with Crippen LogP contribution in [0.1, 0.15) is 26.2 Å². The van der Waals surface area contributed by atoms with Crippen LogP contribution >= 0.6 is 0 Å². The van der Waals surface area contributed by atoms with Crippen molar-refractivity contribution < 1.29 is 9.90 Å². The lowest BCUT2D eigenvalue weighted by molar-refractivity contribution is 0.141. The Kier molecular flexibility index (Phi) is 4.66. The predicted octanol–water partition coefficient (Wildman–Crippen LogP) is 1.35. The van der Waals surface area contributed by atoms with E-state index in [9.17, 15) is 4.79 Å². The molecule has 10 heavy (non-hydrogen) atoms. The van der Waals surface area contributed by atoms with Gasteiger partial charge in [0.15, 0.2) is 0 Å². The van der Waals surface area contributed by atoms with Crippen LogP contribution in [0.3, 0.4) is 0 Å². The molecule has 0 aromatic carbocycles. The fourth-order valence-corrected chi connectivity index (χ4v) is 0.616. The Balaban J connectivity index is 3.21. The highest BCUT2D eigenvalue weighted by Gasteiger charge is 2.04. The number of hydrogen-bond donors (Lipinski definition) is 1. The van der Waals surface area contributed by atoms with Gasteiger partial charge in [-0.1, -0.05) is 19.8 Å². The number of nitrogens with one attached hydrogen (secondary N) is 1. The van der Waals surface area contributed by atoms with Crippen LogP contribution in [-0.4, -0.2) is 22.8 Å². The molecule has 0 fully saturated rings. The molecule has 0 aliphatic carbocycles. The maximum absolute atomic E-state index is 10.0. The summed E-state index contributed by atoms with van der Waals surface area (Å²) in [6.07, 6.45) is 1.65. The van der Waals surface area contributed by atoms with E-state index in [4.69, 9.17) is 10.9 Å². The minimum atomic E-state index is -1.17. The second kappa shape index (κ2) is 5.05. The van der Waals surface area contributed by atoms with Gasteiger partial charge in [0.05, 0.1) is 0 Å². The highest BCUT2D eigenvalue weighted by atomic mass is 16.4. The van der Waals surface area contributed by atoms with E-state index in [0.29, 0.717) is 11.6 Å². The van der Waals surface area contributed by atoms with Crippen LogP contribution in [-0.2, 0) is 0 Å². The van der Waals surface area contributed by atoms with E-state index in [1.54, 1.807) is 0 Å². The van der Waals surface area contributed by atoms with Gasteiger partial charge in [0.2, 0.25) is 0 Å². The van der Waals surface area contributed by atoms with Gasteiger partial charge in [-0.15, -0.1) is 5.84 Å². The summed E-state index contributed by atoms with van der Waals surface area (Å²) in [4.78, 5) is 10.0. The monoisotopic (exact) mass is 145 g/mol. The van der Waals surface area contributed by atoms with Gasteiger partial charge in [-0.2, -0.15) is 0 Å². The molecule has 0 spiro atoms. The first-order valence-corrected chi connectivity index (χ1v) is 3.40. The number of amides is 1. The molecule has 0 aromatic rings. The Bertz CT molecular complexity index is 106. The van der Waals surface area contributed by atoms with Gasteiger partial charge in [0.25, 0.3) is 0 Å². The van der Waals surface area contributed by atoms with Gasteiger partial charge in [-0.05, 0) is 6.42 Å². The second-order valence-electron chi connectivity index (χ2n) is 2.14. The first-order valence-electron chi connectivity index (χ1n) is 3.40. The molecule has 59 valence electrons. The molecule has 0 unspecified atom stereocenters. The van der Waals surface area contributed by atoms with Crippen molar-refractivity contribution in [1.29, 1.82) is 0 Å². The fraction of sp³-hybridized carbons (Fsp3) is 0.833. The van der Waals surface area contributed by atoms with E-state index in [1.165, 1.54) is 0 Å². The van der Waals surface area contributed by atoms with Crippen molar-refractivity contribution >= 4 is 6.09 Å². The van der Waals surface area contributed by atoms with E-state index in [0.717, 1.165) is 19.3 Å². The lowest BCUT2D eigenvalue weighted by Crippen LogP contribution is -2.28. The summed E-state index contributed by atoms with van der Waals surface area (Å²) < 4.78 is 0. The first kappa shape index (κ1) is 9.23. The highest BCUT2D eigenvalue weighted by Crippen LogP contribution is 1.95. The molecule has 0 aromatic heterocycles. The molecule has 0 aliphatic heterocycles. The normalized spacial score (nSPS) is 9.40. The Morgan fingerprint density at radius 1 is 1.60 bits per heavy atom. The number of unbranched alkanes of at least 4 members (excludes halogenated alkanes) is 2. The summed E-state index contributed by atoms with van der Waals surface area (Å²) in [5.74, 6) is 6.84. The molecule has 4 heteroatoms. The minimum Gasteiger partial charge on any atom is -0.464 e. The third-order valence-electron chi connectivity index (χ3n) is 1.22. The van der Waals surface area contributed by atoms with Crippen LogP contribution in [0.2, 0.25) is 0 Å². The number of hydrogen-bond acceptors (Lipinski definition) is 1. The quantitative estimate of drug-likeness (QED) is 0.479. The average Bonchev–Trinajstić information content (AvgIpc) is 1.88. The molecule has 0 bridgehead atoms. The van der Waals surface area contributed by atoms with Crippen LogP contribution in [0.25, 0.3) is 0 Å². The van der Waals surface area contributed by atoms with Crippen molar-refractivity contribution in [2.75, 3.05) is 6.54 Å². The van der Waals surface area contributed by atoms with Crippen LogP contribution < -0.4 is 5.84 Å². The van der Waals surface area contributed by atoms with Gasteiger partial charge in [-0.3, -0.25) is 0 Å². The molecule has 1 radical (unpaired) electrons. The number of carbonyl (C=O) groups is 1. The number of carboxylic acid groups (broad SMARTS) is 1. The smallest absolute Gasteiger partial charge is 0.422 e. The van der Waals surface area contributed by atoms with E-state index in [2.05, 4.69) is 0 Å². The SMILES string of the molecule is CCCCCN([NH])C(=O)O. The number of nitrogens with zero attached hydrogens (tertiary/aromatic N) is 1. The van der Waals surface area contributed by atoms with Crippen molar-refractivity contribution in [3.8, 4) is 0 Å². The molecule has 4 nitrogen and oxygen atoms in total. The summed E-state index contributed by atoms with van der Waals surface area (Å²) in [7, 11) is 0. The van der Waals surface area contributed by atoms with E-state index in [1.807, 2.05) is 6.92 Å². The molecule has 0 atom stereocenters. The zero-order chi connectivity index (χ0) is 7.98. The van der Waals surface area contributed by atoms with Crippen molar-refractivity contribution in [3.63, 3.8) is 0 Å². The van der Waals surface area contributed by atoms with Gasteiger partial charge in [0.1, 0.15) is 0 Å². The number of rotatable bonds is 4. The Morgan fingerprint density at radius 2 is 2.20 bits per heavy atom. The molecule has 0 saturated heterocycles. The van der Waals surface area contributed by atoms with E-state index >= 15 is 0 Å². The standard InChI is InChI=1S/C6H13N2O2/c1-2-3-4-5-8(7)6(9)10/h7H,2-5H2,1H3,(H,9,10). The van der Waals surface area contributed by atoms with Gasteiger partial charge >= 0.3 is 6.09 Å². The highest BCUT2D eigenvalue weighted by molar-refractivity contribution is 5.63. The maximum Gasteiger partial charge on any atom is 0.422 e. The zero-order valence-corrected chi connectivity index (χ0v) is 6.13. The van der Waals surface area contributed by atoms with Gasteiger partial charge in [0, 0.05) is 6.54 Å². The molecule has 0 rings (SSSR count). The third kappa shape index (κ3) is 4.14. The lowest BCUT2D eigenvalue weighted by atomic mass is 10.2. The molecule has 0 saturated carbocycles. The van der Waals surface area contributed by atoms with Crippen molar-refractivity contribution in [2.45, 2.75) is 26.2 Å². The molecule has 1 amide bonds. The molecule has 2 N–H and O–H groups in total. The fourth-order valence-electron chi connectivity index (χ4n) is 0.616. The molecule has 0 heterocycles. The summed E-state index contributed by atoms with van der Waals surface area (Å²) in [5, 5.41) is 8.78. The largest absolute Gasteiger partial charge is 0.464 e. The zero-order valence-electron chi connectivity index (χ0n) is 6.13. The van der Waals surface area contributed by atoms with Crippen LogP contribution in [0.15, 0.2) is 0 Å². The minimum absolute atomic E-state index is 0.323. The summed E-state index contributed by atoms with van der Waals surface area (Å²) >= 11 is 0. The van der Waals surface area contributed by atoms with Crippen molar-refractivity contribution in [3.05, 3.63) is 0 Å². The maximum atomic E-state index is 10.0. The molecule has 0 aliphatic rings. The summed E-state index contributed by atoms with van der Waals surface area (Å²) in [6.45, 7) is 2.36. The van der Waals surface area contributed by atoms with E-state index in [-0.39, 0.29) is 0 Å². The Morgan fingerprint density at radius 3 is 2.60 bits per heavy atom. The average molecular weight is 145 g/mol. The predicted molar refractivity (Wildman–Crippen MR) is 37.4 cm³/mol. The van der Waals surface area contributed by atoms with Crippen molar-refractivity contribution in [1.82, 2.24) is 10.9 Å². The summed E-state index contributed by atoms with van der Waals surface area (Å²) in [5.41, 5.74) is 0. The van der Waals surface area contributed by atoms with Gasteiger partial charge < -0.3 is 5.11 Å². The van der Waals surface area contributed by atoms with E-state index < -0.39 is 6.09 Å². The van der Waals surface area contributed by atoms with Gasteiger partial charge in [-0.25, -0.2) is 9.80 Å². The molecular formula is C6H13N2O2. The van der Waals surface area contributed by atoms with Crippen LogP contribution in [0, 0.1) is 0 Å². The Hall–Kier alpha value is -0.770. The van der Waals surface area contributed by atoms with Crippen LogP contribution in [0.4, 0.5) is 4.79 Å². The van der Waals surface area contributed by atoms with Crippen LogP contribution in [0.5, 0.6) is 0 Å². The summed E-state index contributed by atoms with van der Waals surface area (Å²) in [6, 6.07) is 0. The first-order chi connectivity index (χ1) is 4.68. The second-order valence-corrected chi connectivity index (χ2v) is 2.14. The lowest BCUT2D eigenvalue weighted by Gasteiger charge is -2.08. The van der Waals surface area contributed by atoms with Crippen molar-refractivity contribution in [2.24, 2.45) is 0 Å². The molecular weight excluding hydrogens is 132 g/mol. The topological polar surface area (TPSA) is 64.3 Å². The third-order valence-corrected chi connectivity index (χ3v) is 1.22. The Labute approximate surface area is 60.6 Å².